The van der Waals surface area contributed by atoms with Gasteiger partial charge in [0.2, 0.25) is 0 Å². The Morgan fingerprint density at radius 1 is 1.30 bits per heavy atom. The van der Waals surface area contributed by atoms with Crippen molar-refractivity contribution < 1.29 is 14.3 Å². The summed E-state index contributed by atoms with van der Waals surface area (Å²) < 4.78 is 10.5. The van der Waals surface area contributed by atoms with E-state index in [1.165, 1.54) is 11.3 Å². The molecule has 2 N–H and O–H groups in total. The van der Waals surface area contributed by atoms with Crippen LogP contribution in [0.2, 0.25) is 0 Å². The molecule has 0 spiro atoms. The maximum atomic E-state index is 12.0. The lowest BCUT2D eigenvalue weighted by Gasteiger charge is -2.16. The molecule has 0 saturated heterocycles. The van der Waals surface area contributed by atoms with E-state index in [9.17, 15) is 4.79 Å². The number of aromatic nitrogens is 1. The summed E-state index contributed by atoms with van der Waals surface area (Å²) in [6, 6.07) is 5.18. The highest BCUT2D eigenvalue weighted by atomic mass is 32.1. The predicted octanol–water partition coefficient (Wildman–Crippen LogP) is 3.03. The van der Waals surface area contributed by atoms with Crippen LogP contribution in [0.3, 0.4) is 0 Å². The molecule has 2 rings (SSSR count). The third kappa shape index (κ3) is 4.59. The number of carbonyl (C=O) groups is 1. The zero-order chi connectivity index (χ0) is 16.8. The standard InChI is InChI=1S/C16H21N3O3S/c1-10-9-23-15(18-10)8-17-16(20)19-11(2)12-5-6-13(21-3)14(7-12)22-4/h5-7,9,11H,8H2,1-4H3,(H2,17,19,20). The lowest BCUT2D eigenvalue weighted by molar-refractivity contribution is 0.237. The molecule has 7 heteroatoms. The van der Waals surface area contributed by atoms with Crippen molar-refractivity contribution in [2.45, 2.75) is 26.4 Å². The van der Waals surface area contributed by atoms with E-state index in [0.29, 0.717) is 18.0 Å². The van der Waals surface area contributed by atoms with E-state index in [0.717, 1.165) is 16.3 Å². The maximum absolute atomic E-state index is 12.0. The minimum atomic E-state index is -0.236. The first-order chi connectivity index (χ1) is 11.0. The van der Waals surface area contributed by atoms with Crippen molar-refractivity contribution >= 4 is 17.4 Å². The molecule has 6 nitrogen and oxygen atoms in total. The van der Waals surface area contributed by atoms with Gasteiger partial charge in [0.1, 0.15) is 5.01 Å². The minimum absolute atomic E-state index is 0.159. The van der Waals surface area contributed by atoms with Gasteiger partial charge in [-0.15, -0.1) is 11.3 Å². The van der Waals surface area contributed by atoms with Gasteiger partial charge in [-0.05, 0) is 31.5 Å². The molecular weight excluding hydrogens is 314 g/mol. The highest BCUT2D eigenvalue weighted by molar-refractivity contribution is 7.09. The molecule has 0 aliphatic rings. The first-order valence-corrected chi connectivity index (χ1v) is 8.08. The number of aryl methyl sites for hydroxylation is 1. The Balaban J connectivity index is 1.92. The fourth-order valence-electron chi connectivity index (χ4n) is 2.09. The molecule has 1 aromatic heterocycles. The van der Waals surface area contributed by atoms with Gasteiger partial charge in [0.15, 0.2) is 11.5 Å². The highest BCUT2D eigenvalue weighted by Gasteiger charge is 2.12. The maximum Gasteiger partial charge on any atom is 0.315 e. The Hall–Kier alpha value is -2.28. The summed E-state index contributed by atoms with van der Waals surface area (Å²) in [5.74, 6) is 1.30. The second-order valence-corrected chi connectivity index (χ2v) is 5.99. The first kappa shape index (κ1) is 17.1. The molecular formula is C16H21N3O3S. The summed E-state index contributed by atoms with van der Waals surface area (Å²) in [5, 5.41) is 8.54. The summed E-state index contributed by atoms with van der Waals surface area (Å²) in [6.07, 6.45) is 0. The first-order valence-electron chi connectivity index (χ1n) is 7.20. The lowest BCUT2D eigenvalue weighted by Crippen LogP contribution is -2.36. The number of amides is 2. The minimum Gasteiger partial charge on any atom is -0.493 e. The highest BCUT2D eigenvalue weighted by Crippen LogP contribution is 2.29. The van der Waals surface area contributed by atoms with Crippen LogP contribution in [0.5, 0.6) is 11.5 Å². The molecule has 2 amide bonds. The molecule has 23 heavy (non-hydrogen) atoms. The van der Waals surface area contributed by atoms with E-state index in [-0.39, 0.29) is 12.1 Å². The molecule has 0 saturated carbocycles. The van der Waals surface area contributed by atoms with Crippen LogP contribution in [-0.2, 0) is 6.54 Å². The topological polar surface area (TPSA) is 72.5 Å². The van der Waals surface area contributed by atoms with Gasteiger partial charge in [-0.3, -0.25) is 0 Å². The molecule has 2 aromatic rings. The van der Waals surface area contributed by atoms with Crippen LogP contribution in [0.15, 0.2) is 23.6 Å². The van der Waals surface area contributed by atoms with E-state index in [2.05, 4.69) is 15.6 Å². The van der Waals surface area contributed by atoms with E-state index in [1.54, 1.807) is 14.2 Å². The fourth-order valence-corrected chi connectivity index (χ4v) is 2.80. The van der Waals surface area contributed by atoms with Gasteiger partial charge in [0.25, 0.3) is 0 Å². The largest absolute Gasteiger partial charge is 0.493 e. The average Bonchev–Trinajstić information content (AvgIpc) is 2.97. The number of urea groups is 1. The molecule has 0 fully saturated rings. The molecule has 1 aromatic carbocycles. The summed E-state index contributed by atoms with van der Waals surface area (Å²) in [7, 11) is 3.18. The van der Waals surface area contributed by atoms with E-state index < -0.39 is 0 Å². The van der Waals surface area contributed by atoms with Gasteiger partial charge in [-0.25, -0.2) is 9.78 Å². The number of nitrogens with zero attached hydrogens (tertiary/aromatic N) is 1. The Labute approximate surface area is 139 Å². The average molecular weight is 335 g/mol. The SMILES string of the molecule is COc1ccc(C(C)NC(=O)NCc2nc(C)cs2)cc1OC. The van der Waals surface area contributed by atoms with Gasteiger partial charge >= 0.3 is 6.03 Å². The zero-order valence-electron chi connectivity index (χ0n) is 13.7. The van der Waals surface area contributed by atoms with Gasteiger partial charge in [-0.1, -0.05) is 6.07 Å². The number of benzene rings is 1. The second kappa shape index (κ2) is 7.82. The quantitative estimate of drug-likeness (QED) is 0.851. The molecule has 124 valence electrons. The summed E-state index contributed by atoms with van der Waals surface area (Å²) in [5.41, 5.74) is 1.90. The Morgan fingerprint density at radius 3 is 2.65 bits per heavy atom. The van der Waals surface area contributed by atoms with Gasteiger partial charge < -0.3 is 20.1 Å². The smallest absolute Gasteiger partial charge is 0.315 e. The number of carbonyl (C=O) groups excluding carboxylic acids is 1. The fraction of sp³-hybridized carbons (Fsp3) is 0.375. The molecule has 0 aliphatic carbocycles. The van der Waals surface area contributed by atoms with Crippen molar-refractivity contribution in [3.8, 4) is 11.5 Å². The lowest BCUT2D eigenvalue weighted by atomic mass is 10.1. The van der Waals surface area contributed by atoms with Crippen molar-refractivity contribution in [1.82, 2.24) is 15.6 Å². The van der Waals surface area contributed by atoms with Crippen LogP contribution in [0.1, 0.15) is 29.2 Å². The molecule has 1 atom stereocenters. The van der Waals surface area contributed by atoms with Crippen LogP contribution >= 0.6 is 11.3 Å². The van der Waals surface area contributed by atoms with E-state index in [4.69, 9.17) is 9.47 Å². The summed E-state index contributed by atoms with van der Waals surface area (Å²) in [4.78, 5) is 16.3. The number of thiazole rings is 1. The third-order valence-corrected chi connectivity index (χ3v) is 4.29. The zero-order valence-corrected chi connectivity index (χ0v) is 14.5. The van der Waals surface area contributed by atoms with Crippen molar-refractivity contribution in [1.29, 1.82) is 0 Å². The number of hydrogen-bond acceptors (Lipinski definition) is 5. The number of rotatable bonds is 6. The monoisotopic (exact) mass is 335 g/mol. The molecule has 0 radical (unpaired) electrons. The van der Waals surface area contributed by atoms with Gasteiger partial charge in [0.05, 0.1) is 26.8 Å². The van der Waals surface area contributed by atoms with Gasteiger partial charge in [0, 0.05) is 11.1 Å². The van der Waals surface area contributed by atoms with Crippen molar-refractivity contribution in [3.05, 3.63) is 39.8 Å². The molecule has 1 heterocycles. The van der Waals surface area contributed by atoms with Crippen LogP contribution in [0.25, 0.3) is 0 Å². The molecule has 0 aliphatic heterocycles. The number of methoxy groups -OCH3 is 2. The third-order valence-electron chi connectivity index (χ3n) is 3.32. The van der Waals surface area contributed by atoms with Crippen LogP contribution in [0, 0.1) is 6.92 Å². The molecule has 1 unspecified atom stereocenters. The Kier molecular flexibility index (Phi) is 5.81. The van der Waals surface area contributed by atoms with Crippen LogP contribution in [0.4, 0.5) is 4.79 Å². The van der Waals surface area contributed by atoms with Crippen LogP contribution in [-0.4, -0.2) is 25.2 Å². The number of ether oxygens (including phenoxy) is 2. The predicted molar refractivity (Wildman–Crippen MR) is 90.2 cm³/mol. The Bertz CT molecular complexity index is 672. The number of hydrogen-bond donors (Lipinski definition) is 2. The van der Waals surface area contributed by atoms with Crippen LogP contribution < -0.4 is 20.1 Å². The summed E-state index contributed by atoms with van der Waals surface area (Å²) >= 11 is 1.53. The molecule has 0 bridgehead atoms. The summed E-state index contributed by atoms with van der Waals surface area (Å²) in [6.45, 7) is 4.26. The van der Waals surface area contributed by atoms with E-state index >= 15 is 0 Å². The second-order valence-electron chi connectivity index (χ2n) is 5.05. The van der Waals surface area contributed by atoms with Crippen molar-refractivity contribution in [3.63, 3.8) is 0 Å². The van der Waals surface area contributed by atoms with E-state index in [1.807, 2.05) is 37.4 Å². The Morgan fingerprint density at radius 2 is 2.04 bits per heavy atom. The van der Waals surface area contributed by atoms with Crippen molar-refractivity contribution in [2.24, 2.45) is 0 Å². The van der Waals surface area contributed by atoms with Crippen molar-refractivity contribution in [2.75, 3.05) is 14.2 Å². The van der Waals surface area contributed by atoms with Gasteiger partial charge in [-0.2, -0.15) is 0 Å². The normalized spacial score (nSPS) is 11.7. The number of nitrogens with one attached hydrogen (secondary N) is 2.